The smallest absolute Gasteiger partial charge is 0.298 e. The highest BCUT2D eigenvalue weighted by molar-refractivity contribution is 6.10. The number of aromatic nitrogens is 1. The molecule has 2 aromatic rings. The van der Waals surface area contributed by atoms with E-state index in [-0.39, 0.29) is 12.3 Å². The third-order valence-electron chi connectivity index (χ3n) is 3.25. The monoisotopic (exact) mass is 269 g/mol. The molecular formula is C14H11N3O3. The fourth-order valence-corrected chi connectivity index (χ4v) is 2.31. The fraction of sp³-hybridized carbons (Fsp3) is 0.143. The molecule has 100 valence electrons. The zero-order valence-electron chi connectivity index (χ0n) is 10.5. The van der Waals surface area contributed by atoms with Crippen molar-refractivity contribution in [2.75, 3.05) is 11.4 Å². The van der Waals surface area contributed by atoms with Crippen LogP contribution in [0.5, 0.6) is 0 Å². The molecule has 1 N–H and O–H groups in total. The van der Waals surface area contributed by atoms with Gasteiger partial charge in [0.05, 0.1) is 11.2 Å². The molecule has 0 atom stereocenters. The van der Waals surface area contributed by atoms with Gasteiger partial charge in [-0.25, -0.2) is 4.79 Å². The first-order chi connectivity index (χ1) is 9.70. The van der Waals surface area contributed by atoms with Gasteiger partial charge in [0.1, 0.15) is 0 Å². The number of pyridine rings is 1. The summed E-state index contributed by atoms with van der Waals surface area (Å²) >= 11 is 0. The lowest BCUT2D eigenvalue weighted by Crippen LogP contribution is -2.49. The quantitative estimate of drug-likeness (QED) is 0.838. The van der Waals surface area contributed by atoms with Crippen LogP contribution in [0.15, 0.2) is 30.5 Å². The second-order valence-electron chi connectivity index (χ2n) is 4.45. The molecule has 0 aliphatic carbocycles. The van der Waals surface area contributed by atoms with Crippen molar-refractivity contribution in [3.8, 4) is 0 Å². The zero-order chi connectivity index (χ0) is 14.1. The summed E-state index contributed by atoms with van der Waals surface area (Å²) in [6, 6.07) is 6.46. The van der Waals surface area contributed by atoms with Gasteiger partial charge in [0.15, 0.2) is 6.29 Å². The number of urea groups is 1. The molecule has 1 aliphatic heterocycles. The van der Waals surface area contributed by atoms with Crippen LogP contribution in [0.3, 0.4) is 0 Å². The van der Waals surface area contributed by atoms with E-state index in [0.29, 0.717) is 28.7 Å². The number of rotatable bonds is 2. The summed E-state index contributed by atoms with van der Waals surface area (Å²) < 4.78 is 0. The highest BCUT2D eigenvalue weighted by Crippen LogP contribution is 2.27. The molecule has 3 rings (SSSR count). The number of nitrogens with one attached hydrogen (secondary N) is 1. The number of nitrogens with zero attached hydrogens (tertiary/aromatic N) is 2. The van der Waals surface area contributed by atoms with Gasteiger partial charge in [-0.1, -0.05) is 12.1 Å². The summed E-state index contributed by atoms with van der Waals surface area (Å²) in [6.07, 6.45) is 2.54. The standard InChI is InChI=1S/C14H11N3O3/c18-8-9-2-1-3-10-11(4-6-15-13(9)10)17-7-5-12(19)16-14(17)20/h1-4,6,8H,5,7H2,(H,16,19,20). The van der Waals surface area contributed by atoms with E-state index < -0.39 is 6.03 Å². The summed E-state index contributed by atoms with van der Waals surface area (Å²) in [5.74, 6) is -0.279. The van der Waals surface area contributed by atoms with Gasteiger partial charge in [0.2, 0.25) is 5.91 Å². The molecule has 0 saturated carbocycles. The summed E-state index contributed by atoms with van der Waals surface area (Å²) in [4.78, 5) is 39.8. The third-order valence-corrected chi connectivity index (χ3v) is 3.25. The molecule has 0 unspecified atom stereocenters. The second kappa shape index (κ2) is 4.73. The Balaban J connectivity index is 2.15. The first kappa shape index (κ1) is 12.3. The van der Waals surface area contributed by atoms with Crippen LogP contribution in [0.1, 0.15) is 16.8 Å². The van der Waals surface area contributed by atoms with Crippen molar-refractivity contribution in [3.63, 3.8) is 0 Å². The van der Waals surface area contributed by atoms with E-state index in [1.165, 1.54) is 4.90 Å². The Morgan fingerprint density at radius 2 is 2.10 bits per heavy atom. The minimum Gasteiger partial charge on any atom is -0.298 e. The highest BCUT2D eigenvalue weighted by Gasteiger charge is 2.25. The zero-order valence-corrected chi connectivity index (χ0v) is 10.5. The molecule has 3 amide bonds. The lowest BCUT2D eigenvalue weighted by Gasteiger charge is -2.27. The highest BCUT2D eigenvalue weighted by atomic mass is 16.2. The molecular weight excluding hydrogens is 258 g/mol. The van der Waals surface area contributed by atoms with Gasteiger partial charge in [0, 0.05) is 30.1 Å². The minimum atomic E-state index is -0.453. The van der Waals surface area contributed by atoms with Crippen molar-refractivity contribution in [2.45, 2.75) is 6.42 Å². The summed E-state index contributed by atoms with van der Waals surface area (Å²) in [5, 5.41) is 2.99. The molecule has 1 aliphatic rings. The number of anilines is 1. The van der Waals surface area contributed by atoms with E-state index in [0.717, 1.165) is 6.29 Å². The maximum atomic E-state index is 11.9. The number of amides is 3. The molecule has 1 saturated heterocycles. The van der Waals surface area contributed by atoms with Crippen LogP contribution in [0.2, 0.25) is 0 Å². The van der Waals surface area contributed by atoms with Crippen LogP contribution >= 0.6 is 0 Å². The van der Waals surface area contributed by atoms with Crippen molar-refractivity contribution in [3.05, 3.63) is 36.0 Å². The van der Waals surface area contributed by atoms with Crippen LogP contribution in [0, 0.1) is 0 Å². The van der Waals surface area contributed by atoms with Crippen LogP contribution in [0.25, 0.3) is 10.9 Å². The molecule has 2 heterocycles. The van der Waals surface area contributed by atoms with Gasteiger partial charge in [-0.3, -0.25) is 24.8 Å². The van der Waals surface area contributed by atoms with Gasteiger partial charge >= 0.3 is 6.03 Å². The lowest BCUT2D eigenvalue weighted by atomic mass is 10.1. The molecule has 0 spiro atoms. The fourth-order valence-electron chi connectivity index (χ4n) is 2.31. The van der Waals surface area contributed by atoms with Gasteiger partial charge in [-0.15, -0.1) is 0 Å². The number of para-hydroxylation sites is 1. The summed E-state index contributed by atoms with van der Waals surface area (Å²) in [6.45, 7) is 0.315. The normalized spacial score (nSPS) is 15.3. The Hall–Kier alpha value is -2.76. The van der Waals surface area contributed by atoms with Gasteiger partial charge in [0.25, 0.3) is 0 Å². The topological polar surface area (TPSA) is 79.4 Å². The number of benzene rings is 1. The summed E-state index contributed by atoms with van der Waals surface area (Å²) in [7, 11) is 0. The van der Waals surface area contributed by atoms with E-state index in [9.17, 15) is 14.4 Å². The van der Waals surface area contributed by atoms with Crippen LogP contribution in [-0.4, -0.2) is 29.8 Å². The molecule has 0 bridgehead atoms. The predicted molar refractivity (Wildman–Crippen MR) is 72.6 cm³/mol. The molecule has 1 aromatic heterocycles. The predicted octanol–water partition coefficient (Wildman–Crippen LogP) is 1.49. The van der Waals surface area contributed by atoms with E-state index >= 15 is 0 Å². The average molecular weight is 269 g/mol. The van der Waals surface area contributed by atoms with E-state index in [2.05, 4.69) is 10.3 Å². The molecule has 20 heavy (non-hydrogen) atoms. The Morgan fingerprint density at radius 1 is 1.25 bits per heavy atom. The van der Waals surface area contributed by atoms with Crippen molar-refractivity contribution >= 4 is 34.8 Å². The molecule has 1 aromatic carbocycles. The first-order valence-electron chi connectivity index (χ1n) is 6.15. The molecule has 6 nitrogen and oxygen atoms in total. The van der Waals surface area contributed by atoms with E-state index in [1.54, 1.807) is 30.5 Å². The lowest BCUT2D eigenvalue weighted by molar-refractivity contribution is -0.120. The third kappa shape index (κ3) is 1.91. The largest absolute Gasteiger partial charge is 0.328 e. The Morgan fingerprint density at radius 3 is 2.85 bits per heavy atom. The number of carbonyl (C=O) groups is 3. The van der Waals surface area contributed by atoms with Crippen molar-refractivity contribution in [1.82, 2.24) is 10.3 Å². The second-order valence-corrected chi connectivity index (χ2v) is 4.45. The molecule has 1 fully saturated rings. The van der Waals surface area contributed by atoms with Gasteiger partial charge in [-0.2, -0.15) is 0 Å². The van der Waals surface area contributed by atoms with Crippen LogP contribution in [0.4, 0.5) is 10.5 Å². The van der Waals surface area contributed by atoms with Gasteiger partial charge < -0.3 is 0 Å². The summed E-state index contributed by atoms with van der Waals surface area (Å²) in [5.41, 5.74) is 1.66. The van der Waals surface area contributed by atoms with Crippen LogP contribution in [-0.2, 0) is 4.79 Å². The maximum Gasteiger partial charge on any atom is 0.328 e. The number of imide groups is 1. The Labute approximate surface area is 114 Å². The molecule has 0 radical (unpaired) electrons. The number of fused-ring (bicyclic) bond motifs is 1. The van der Waals surface area contributed by atoms with E-state index in [1.807, 2.05) is 0 Å². The Kier molecular flexibility index (Phi) is 2.90. The van der Waals surface area contributed by atoms with E-state index in [4.69, 9.17) is 0 Å². The van der Waals surface area contributed by atoms with Crippen LogP contribution < -0.4 is 10.2 Å². The SMILES string of the molecule is O=Cc1cccc2c(N3CCC(=O)NC3=O)ccnc12. The number of aldehydes is 1. The number of hydrogen-bond acceptors (Lipinski definition) is 4. The van der Waals surface area contributed by atoms with Gasteiger partial charge in [-0.05, 0) is 12.1 Å². The maximum absolute atomic E-state index is 11.9. The average Bonchev–Trinajstić information content (AvgIpc) is 2.46. The first-order valence-corrected chi connectivity index (χ1v) is 6.15. The molecule has 6 heteroatoms. The number of carbonyl (C=O) groups excluding carboxylic acids is 3. The Bertz CT molecular complexity index is 727. The van der Waals surface area contributed by atoms with Crippen molar-refractivity contribution in [1.29, 1.82) is 0 Å². The van der Waals surface area contributed by atoms with Crippen molar-refractivity contribution in [2.24, 2.45) is 0 Å². The van der Waals surface area contributed by atoms with Crippen molar-refractivity contribution < 1.29 is 14.4 Å². The minimum absolute atomic E-state index is 0.253. The number of hydrogen-bond donors (Lipinski definition) is 1.